The molecule has 3 nitrogen and oxygen atoms in total. The Bertz CT molecular complexity index is 65.9. The van der Waals surface area contributed by atoms with E-state index in [-0.39, 0.29) is 0 Å². The minimum Gasteiger partial charge on any atom is -0.368 e. The predicted molar refractivity (Wildman–Crippen MR) is 38.6 cm³/mol. The van der Waals surface area contributed by atoms with E-state index >= 15 is 0 Å². The minimum absolute atomic E-state index is 0.464. The minimum atomic E-state index is -0.464. The van der Waals surface area contributed by atoms with Gasteiger partial charge in [-0.3, -0.25) is 0 Å². The van der Waals surface area contributed by atoms with Gasteiger partial charge in [-0.1, -0.05) is 0 Å². The molecule has 1 atom stereocenters. The molecular formula is C5H10Cl2O3. The van der Waals surface area contributed by atoms with E-state index in [1.165, 1.54) is 0 Å². The lowest BCUT2D eigenvalue weighted by molar-refractivity contribution is -0.123. The van der Waals surface area contributed by atoms with Crippen molar-refractivity contribution in [1.82, 2.24) is 0 Å². The third kappa shape index (κ3) is 6.58. The summed E-state index contributed by atoms with van der Waals surface area (Å²) in [6, 6.07) is 0. The third-order valence-electron chi connectivity index (χ3n) is 1.16. The first kappa shape index (κ1) is 10.5. The van der Waals surface area contributed by atoms with Crippen molar-refractivity contribution in [3.05, 3.63) is 0 Å². The van der Waals surface area contributed by atoms with Crippen LogP contribution in [-0.4, -0.2) is 18.0 Å². The average molecular weight is 189 g/mol. The van der Waals surface area contributed by atoms with Crippen LogP contribution in [0.15, 0.2) is 0 Å². The zero-order valence-electron chi connectivity index (χ0n) is 5.43. The van der Waals surface area contributed by atoms with Crippen LogP contribution in [0.4, 0.5) is 0 Å². The van der Waals surface area contributed by atoms with Gasteiger partial charge in [0, 0.05) is 6.61 Å². The molecule has 1 unspecified atom stereocenters. The monoisotopic (exact) mass is 188 g/mol. The number of hydrogen-bond acceptors (Lipinski definition) is 3. The van der Waals surface area contributed by atoms with Gasteiger partial charge in [-0.15, -0.1) is 0 Å². The van der Waals surface area contributed by atoms with E-state index in [9.17, 15) is 0 Å². The van der Waals surface area contributed by atoms with E-state index in [0.717, 1.165) is 25.9 Å². The Hall–Kier alpha value is 0.460. The van der Waals surface area contributed by atoms with Gasteiger partial charge in [-0.25, -0.2) is 0 Å². The van der Waals surface area contributed by atoms with Gasteiger partial charge in [0.2, 0.25) is 0 Å². The maximum Gasteiger partial charge on any atom is 0.154 e. The second-order valence-corrected chi connectivity index (χ2v) is 2.35. The molecule has 1 aliphatic rings. The number of ether oxygens (including phenoxy) is 1. The van der Waals surface area contributed by atoms with Crippen molar-refractivity contribution in [2.24, 2.45) is 0 Å². The number of hydrogen-bond donors (Lipinski definition) is 1. The van der Waals surface area contributed by atoms with Crippen LogP contribution in [0.2, 0.25) is 0 Å². The fourth-order valence-corrected chi connectivity index (χ4v) is 0.724. The quantitative estimate of drug-likeness (QED) is 0.631. The van der Waals surface area contributed by atoms with Crippen molar-refractivity contribution in [2.45, 2.75) is 25.6 Å². The lowest BCUT2D eigenvalue weighted by Gasteiger charge is -2.16. The van der Waals surface area contributed by atoms with Crippen LogP contribution in [-0.2, 0) is 8.58 Å². The Labute approximate surface area is 70.2 Å². The summed E-state index contributed by atoms with van der Waals surface area (Å²) in [4.78, 5) is 0. The second-order valence-electron chi connectivity index (χ2n) is 1.88. The van der Waals surface area contributed by atoms with Crippen molar-refractivity contribution in [2.75, 3.05) is 6.61 Å². The maximum absolute atomic E-state index is 8.69. The molecule has 0 bridgehead atoms. The summed E-state index contributed by atoms with van der Waals surface area (Å²) in [7, 11) is 0. The molecule has 5 heteroatoms. The molecule has 0 radical (unpaired) electrons. The van der Waals surface area contributed by atoms with Crippen molar-refractivity contribution in [3.8, 4) is 0 Å². The highest BCUT2D eigenvalue weighted by Gasteiger charge is 2.07. The van der Waals surface area contributed by atoms with Gasteiger partial charge in [-0.05, 0) is 19.3 Å². The van der Waals surface area contributed by atoms with Crippen LogP contribution in [0.3, 0.4) is 0 Å². The zero-order valence-corrected chi connectivity index (χ0v) is 6.94. The van der Waals surface area contributed by atoms with Gasteiger partial charge in [0.05, 0.1) is 23.7 Å². The fourth-order valence-electron chi connectivity index (χ4n) is 0.724. The molecule has 0 spiro atoms. The SMILES string of the molecule is ClOCl.OC1CCCCO1. The molecule has 62 valence electrons. The molecule has 10 heavy (non-hydrogen) atoms. The van der Waals surface area contributed by atoms with Crippen LogP contribution in [0.1, 0.15) is 19.3 Å². The summed E-state index contributed by atoms with van der Waals surface area (Å²) < 4.78 is 8.03. The lowest BCUT2D eigenvalue weighted by Crippen LogP contribution is -2.17. The van der Waals surface area contributed by atoms with Crippen LogP contribution in [0, 0.1) is 0 Å². The Kier molecular flexibility index (Phi) is 7.91. The fraction of sp³-hybridized carbons (Fsp3) is 1.00. The highest BCUT2D eigenvalue weighted by molar-refractivity contribution is 6.24. The highest BCUT2D eigenvalue weighted by atomic mass is 35.6. The smallest absolute Gasteiger partial charge is 0.154 e. The number of aliphatic hydroxyl groups excluding tert-OH is 1. The summed E-state index contributed by atoms with van der Waals surface area (Å²) in [5.41, 5.74) is 0. The van der Waals surface area contributed by atoms with E-state index in [1.54, 1.807) is 0 Å². The molecule has 0 saturated carbocycles. The molecular weight excluding hydrogens is 179 g/mol. The van der Waals surface area contributed by atoms with E-state index in [1.807, 2.05) is 0 Å². The largest absolute Gasteiger partial charge is 0.368 e. The molecule has 0 amide bonds. The van der Waals surface area contributed by atoms with Crippen molar-refractivity contribution in [3.63, 3.8) is 0 Å². The first-order valence-corrected chi connectivity index (χ1v) is 3.62. The molecule has 1 saturated heterocycles. The standard InChI is InChI=1S/C5H10O2.Cl2O/c6-5-3-1-2-4-7-5;1-3-2/h5-6H,1-4H2;. The summed E-state index contributed by atoms with van der Waals surface area (Å²) in [6.45, 7) is 0.737. The van der Waals surface area contributed by atoms with Crippen molar-refractivity contribution >= 4 is 23.7 Å². The lowest BCUT2D eigenvalue weighted by atomic mass is 10.2. The van der Waals surface area contributed by atoms with Crippen LogP contribution >= 0.6 is 23.7 Å². The Morgan fingerprint density at radius 3 is 2.20 bits per heavy atom. The van der Waals surface area contributed by atoms with Gasteiger partial charge in [0.1, 0.15) is 0 Å². The molecule has 1 fully saturated rings. The molecule has 1 heterocycles. The number of aliphatic hydroxyl groups is 1. The second kappa shape index (κ2) is 7.57. The van der Waals surface area contributed by atoms with E-state index in [4.69, 9.17) is 9.84 Å². The number of halogens is 2. The third-order valence-corrected chi connectivity index (χ3v) is 1.16. The first-order chi connectivity index (χ1) is 4.81. The highest BCUT2D eigenvalue weighted by Crippen LogP contribution is 2.08. The molecule has 0 aromatic rings. The summed E-state index contributed by atoms with van der Waals surface area (Å²) in [5.74, 6) is 0. The summed E-state index contributed by atoms with van der Waals surface area (Å²) in [6.07, 6.45) is 2.58. The molecule has 0 aromatic heterocycles. The van der Waals surface area contributed by atoms with Gasteiger partial charge in [-0.2, -0.15) is 3.84 Å². The van der Waals surface area contributed by atoms with Gasteiger partial charge in [0.25, 0.3) is 0 Å². The number of rotatable bonds is 0. The molecule has 1 aliphatic heterocycles. The van der Waals surface area contributed by atoms with Crippen molar-refractivity contribution in [1.29, 1.82) is 0 Å². The van der Waals surface area contributed by atoms with Crippen molar-refractivity contribution < 1.29 is 13.7 Å². The summed E-state index contributed by atoms with van der Waals surface area (Å²) in [5, 5.41) is 8.69. The van der Waals surface area contributed by atoms with E-state index in [0.29, 0.717) is 0 Å². The molecule has 1 rings (SSSR count). The first-order valence-electron chi connectivity index (χ1n) is 3.00. The molecule has 0 aromatic carbocycles. The van der Waals surface area contributed by atoms with Crippen LogP contribution in [0.5, 0.6) is 0 Å². The average Bonchev–Trinajstić information content (AvgIpc) is 1.91. The van der Waals surface area contributed by atoms with Crippen LogP contribution in [0.25, 0.3) is 0 Å². The zero-order chi connectivity index (χ0) is 7.82. The molecule has 1 N–H and O–H groups in total. The van der Waals surface area contributed by atoms with E-state index < -0.39 is 6.29 Å². The normalized spacial score (nSPS) is 24.9. The predicted octanol–water partition coefficient (Wildman–Crippen LogP) is 1.82. The van der Waals surface area contributed by atoms with E-state index in [2.05, 4.69) is 27.6 Å². The Morgan fingerprint density at radius 2 is 2.00 bits per heavy atom. The Balaban J connectivity index is 0.000000236. The summed E-state index contributed by atoms with van der Waals surface area (Å²) >= 11 is 8.53. The van der Waals surface area contributed by atoms with Crippen LogP contribution < -0.4 is 0 Å². The van der Waals surface area contributed by atoms with Gasteiger partial charge in [0.15, 0.2) is 6.29 Å². The van der Waals surface area contributed by atoms with Gasteiger partial charge < -0.3 is 9.84 Å². The topological polar surface area (TPSA) is 38.7 Å². The van der Waals surface area contributed by atoms with Gasteiger partial charge >= 0.3 is 0 Å². The Morgan fingerprint density at radius 1 is 1.40 bits per heavy atom. The maximum atomic E-state index is 8.69. The molecule has 0 aliphatic carbocycles.